The van der Waals surface area contributed by atoms with Gasteiger partial charge in [0.1, 0.15) is 6.10 Å². The second-order valence-electron chi connectivity index (χ2n) is 7.74. The molecule has 0 radical (unpaired) electrons. The molecule has 29 heavy (non-hydrogen) atoms. The number of rotatable bonds is 3. The number of carbonyl (C=O) groups is 3. The van der Waals surface area contributed by atoms with E-state index in [1.165, 1.54) is 6.07 Å². The fraction of sp³-hybridized carbons (Fsp3) is 0.286. The van der Waals surface area contributed by atoms with Crippen LogP contribution in [0.1, 0.15) is 44.9 Å². The summed E-state index contributed by atoms with van der Waals surface area (Å²) >= 11 is 0. The Morgan fingerprint density at radius 3 is 2.62 bits per heavy atom. The number of aromatic nitrogens is 1. The van der Waals surface area contributed by atoms with Crippen molar-refractivity contribution in [1.82, 2.24) is 9.88 Å². The summed E-state index contributed by atoms with van der Waals surface area (Å²) in [5.74, 6) is -3.21. The first-order valence-corrected chi connectivity index (χ1v) is 9.25. The minimum Gasteiger partial charge on any atom is -0.478 e. The standard InChI is InChI=1S/C21H18N2O6/c1-21(2)28-9-10(29-21)8-23-13-6-4-3-5-11(13)15-14(23)7-12(20(26)27)16-17(15)19(25)22-18(16)24/h3-7,10H,8-9H2,1-2H3,(H,26,27)(H,22,24,25). The largest absolute Gasteiger partial charge is 0.478 e. The van der Waals surface area contributed by atoms with E-state index in [4.69, 9.17) is 9.47 Å². The van der Waals surface area contributed by atoms with Gasteiger partial charge < -0.3 is 19.1 Å². The minimum absolute atomic E-state index is 0.0838. The molecule has 8 nitrogen and oxygen atoms in total. The van der Waals surface area contributed by atoms with Crippen LogP contribution in [0.2, 0.25) is 0 Å². The Morgan fingerprint density at radius 1 is 1.21 bits per heavy atom. The summed E-state index contributed by atoms with van der Waals surface area (Å²) in [4.78, 5) is 36.7. The molecule has 3 heterocycles. The number of carboxylic acid groups (broad SMARTS) is 1. The van der Waals surface area contributed by atoms with E-state index < -0.39 is 23.6 Å². The molecule has 1 saturated heterocycles. The number of fused-ring (bicyclic) bond motifs is 5. The van der Waals surface area contributed by atoms with Crippen LogP contribution in [0, 0.1) is 0 Å². The molecule has 0 aliphatic carbocycles. The van der Waals surface area contributed by atoms with Crippen LogP contribution in [0.3, 0.4) is 0 Å². The van der Waals surface area contributed by atoms with Crippen molar-refractivity contribution in [2.45, 2.75) is 32.3 Å². The Balaban J connectivity index is 1.82. The van der Waals surface area contributed by atoms with Gasteiger partial charge in [-0.1, -0.05) is 18.2 Å². The summed E-state index contributed by atoms with van der Waals surface area (Å²) in [5, 5.41) is 13.3. The summed E-state index contributed by atoms with van der Waals surface area (Å²) in [6.07, 6.45) is -0.235. The van der Waals surface area contributed by atoms with E-state index in [1.54, 1.807) is 0 Å². The minimum atomic E-state index is -1.26. The SMILES string of the molecule is CC1(C)OCC(Cn2c3ccccc3c3c4c(c(C(=O)O)cc32)C(=O)NC4=O)O1. The first kappa shape index (κ1) is 17.8. The zero-order valence-electron chi connectivity index (χ0n) is 15.8. The van der Waals surface area contributed by atoms with Crippen LogP contribution in [-0.2, 0) is 16.0 Å². The van der Waals surface area contributed by atoms with Gasteiger partial charge in [0.25, 0.3) is 11.8 Å². The highest BCUT2D eigenvalue weighted by Gasteiger charge is 2.37. The molecular weight excluding hydrogens is 376 g/mol. The molecule has 1 aromatic heterocycles. The molecule has 5 rings (SSSR count). The molecule has 2 amide bonds. The number of benzene rings is 2. The number of nitrogens with zero attached hydrogens (tertiary/aromatic N) is 1. The third-order valence-electron chi connectivity index (χ3n) is 5.43. The lowest BCUT2D eigenvalue weighted by molar-refractivity contribution is -0.139. The number of imide groups is 1. The summed E-state index contributed by atoms with van der Waals surface area (Å²) in [7, 11) is 0. The second-order valence-corrected chi connectivity index (χ2v) is 7.74. The van der Waals surface area contributed by atoms with Gasteiger partial charge in [-0.15, -0.1) is 0 Å². The first-order valence-electron chi connectivity index (χ1n) is 9.25. The molecule has 1 fully saturated rings. The van der Waals surface area contributed by atoms with E-state index in [2.05, 4.69) is 5.32 Å². The average molecular weight is 394 g/mol. The van der Waals surface area contributed by atoms with E-state index in [0.29, 0.717) is 24.1 Å². The summed E-state index contributed by atoms with van der Waals surface area (Å²) in [5.41, 5.74) is 1.24. The Labute approximate surface area is 165 Å². The number of carboxylic acids is 1. The number of para-hydroxylation sites is 1. The molecule has 0 bridgehead atoms. The maximum Gasteiger partial charge on any atom is 0.336 e. The van der Waals surface area contributed by atoms with Crippen molar-refractivity contribution in [3.8, 4) is 0 Å². The van der Waals surface area contributed by atoms with Gasteiger partial charge in [-0.05, 0) is 26.0 Å². The van der Waals surface area contributed by atoms with Crippen LogP contribution in [-0.4, -0.2) is 46.0 Å². The molecule has 3 aromatic rings. The monoisotopic (exact) mass is 394 g/mol. The van der Waals surface area contributed by atoms with Crippen LogP contribution in [0.15, 0.2) is 30.3 Å². The number of hydrogen-bond acceptors (Lipinski definition) is 5. The smallest absolute Gasteiger partial charge is 0.336 e. The zero-order chi connectivity index (χ0) is 20.5. The lowest BCUT2D eigenvalue weighted by Crippen LogP contribution is -2.24. The first-order chi connectivity index (χ1) is 13.8. The Kier molecular flexibility index (Phi) is 3.62. The summed E-state index contributed by atoms with van der Waals surface area (Å²) < 4.78 is 13.5. The molecule has 2 aliphatic heterocycles. The van der Waals surface area contributed by atoms with Crippen molar-refractivity contribution >= 4 is 39.6 Å². The number of nitrogens with one attached hydrogen (secondary N) is 1. The fourth-order valence-electron chi connectivity index (χ4n) is 4.32. The van der Waals surface area contributed by atoms with Gasteiger partial charge in [0, 0.05) is 16.3 Å². The number of aromatic carboxylic acids is 1. The maximum atomic E-state index is 12.6. The lowest BCUT2D eigenvalue weighted by atomic mass is 9.97. The third kappa shape index (κ3) is 2.56. The average Bonchev–Trinajstić information content (AvgIpc) is 3.27. The molecule has 1 atom stereocenters. The number of amides is 2. The van der Waals surface area contributed by atoms with E-state index >= 15 is 0 Å². The predicted octanol–water partition coefficient (Wildman–Crippen LogP) is 2.53. The van der Waals surface area contributed by atoms with Gasteiger partial charge in [0.2, 0.25) is 0 Å². The number of hydrogen-bond donors (Lipinski definition) is 2. The summed E-state index contributed by atoms with van der Waals surface area (Å²) in [6, 6.07) is 8.95. The third-order valence-corrected chi connectivity index (χ3v) is 5.43. The van der Waals surface area contributed by atoms with Gasteiger partial charge >= 0.3 is 5.97 Å². The molecule has 2 aromatic carbocycles. The maximum absolute atomic E-state index is 12.6. The van der Waals surface area contributed by atoms with Crippen LogP contribution in [0.5, 0.6) is 0 Å². The van der Waals surface area contributed by atoms with Crippen molar-refractivity contribution in [3.63, 3.8) is 0 Å². The van der Waals surface area contributed by atoms with Gasteiger partial charge in [0.15, 0.2) is 5.79 Å². The quantitative estimate of drug-likeness (QED) is 0.661. The molecule has 0 spiro atoms. The highest BCUT2D eigenvalue weighted by atomic mass is 16.7. The molecule has 2 aliphatic rings. The number of ether oxygens (including phenoxy) is 2. The predicted molar refractivity (Wildman–Crippen MR) is 103 cm³/mol. The van der Waals surface area contributed by atoms with Crippen molar-refractivity contribution in [2.75, 3.05) is 6.61 Å². The van der Waals surface area contributed by atoms with Crippen molar-refractivity contribution in [1.29, 1.82) is 0 Å². The van der Waals surface area contributed by atoms with E-state index in [9.17, 15) is 19.5 Å². The van der Waals surface area contributed by atoms with Gasteiger partial charge in [-0.3, -0.25) is 14.9 Å². The van der Waals surface area contributed by atoms with E-state index in [-0.39, 0.29) is 22.8 Å². The topological polar surface area (TPSA) is 107 Å². The molecular formula is C21H18N2O6. The molecule has 2 N–H and O–H groups in total. The molecule has 8 heteroatoms. The zero-order valence-corrected chi connectivity index (χ0v) is 15.8. The number of carbonyl (C=O) groups excluding carboxylic acids is 2. The molecule has 1 unspecified atom stereocenters. The molecule has 0 saturated carbocycles. The molecule has 148 valence electrons. The Hall–Kier alpha value is -3.23. The van der Waals surface area contributed by atoms with Crippen LogP contribution in [0.4, 0.5) is 0 Å². The van der Waals surface area contributed by atoms with Crippen LogP contribution in [0.25, 0.3) is 21.8 Å². The van der Waals surface area contributed by atoms with Gasteiger partial charge in [0.05, 0.1) is 35.4 Å². The van der Waals surface area contributed by atoms with E-state index in [1.807, 2.05) is 42.7 Å². The highest BCUT2D eigenvalue weighted by Crippen LogP contribution is 2.38. The Morgan fingerprint density at radius 2 is 1.93 bits per heavy atom. The van der Waals surface area contributed by atoms with Crippen molar-refractivity contribution in [2.24, 2.45) is 0 Å². The summed E-state index contributed by atoms with van der Waals surface area (Å²) in [6.45, 7) is 4.49. The highest BCUT2D eigenvalue weighted by molar-refractivity contribution is 6.32. The van der Waals surface area contributed by atoms with Crippen molar-refractivity contribution in [3.05, 3.63) is 47.0 Å². The van der Waals surface area contributed by atoms with Crippen LogP contribution >= 0.6 is 0 Å². The second kappa shape index (κ2) is 5.88. The fourth-order valence-corrected chi connectivity index (χ4v) is 4.32. The van der Waals surface area contributed by atoms with E-state index in [0.717, 1.165) is 10.9 Å². The normalized spacial score (nSPS) is 20.4. The van der Waals surface area contributed by atoms with Gasteiger partial charge in [-0.25, -0.2) is 4.79 Å². The Bertz CT molecular complexity index is 1240. The van der Waals surface area contributed by atoms with Gasteiger partial charge in [-0.2, -0.15) is 0 Å². The van der Waals surface area contributed by atoms with Crippen LogP contribution < -0.4 is 5.32 Å². The lowest BCUT2D eigenvalue weighted by Gasteiger charge is -2.18. The van der Waals surface area contributed by atoms with Crippen molar-refractivity contribution < 1.29 is 29.0 Å².